The zero-order chi connectivity index (χ0) is 14.9. The van der Waals surface area contributed by atoms with Crippen LogP contribution in [0.4, 0.5) is 13.2 Å². The summed E-state index contributed by atoms with van der Waals surface area (Å²) in [6, 6.07) is 0. The number of halogens is 3. The second-order valence-electron chi connectivity index (χ2n) is 4.54. The third-order valence-electron chi connectivity index (χ3n) is 3.40. The van der Waals surface area contributed by atoms with Crippen LogP contribution in [-0.2, 0) is 24.0 Å². The van der Waals surface area contributed by atoms with Crippen LogP contribution in [0.25, 0.3) is 0 Å². The molecule has 0 aromatic heterocycles. The fraction of sp³-hybridized carbons (Fsp3) is 0.400. The predicted molar refractivity (Wildman–Crippen MR) is 55.7 cm³/mol. The van der Waals surface area contributed by atoms with Gasteiger partial charge in [-0.2, -0.15) is 21.6 Å². The minimum Gasteiger partial charge on any atom is -0.267 e. The number of fused-ring (bicyclic) bond motifs is 4. The van der Waals surface area contributed by atoms with E-state index in [1.807, 2.05) is 0 Å². The minimum atomic E-state index is -6.06. The van der Waals surface area contributed by atoms with Crippen molar-refractivity contribution in [3.8, 4) is 0 Å². The largest absolute Gasteiger partial charge is 0.525 e. The fourth-order valence-corrected chi connectivity index (χ4v) is 3.01. The second kappa shape index (κ2) is 3.70. The van der Waals surface area contributed by atoms with Crippen molar-refractivity contribution in [1.82, 2.24) is 5.06 Å². The van der Waals surface area contributed by atoms with Gasteiger partial charge in [0.05, 0.1) is 0 Å². The highest BCUT2D eigenvalue weighted by Crippen LogP contribution is 2.48. The molecule has 0 aromatic rings. The first-order valence-corrected chi connectivity index (χ1v) is 6.86. The van der Waals surface area contributed by atoms with Crippen molar-refractivity contribution in [3.63, 3.8) is 0 Å². The van der Waals surface area contributed by atoms with Crippen LogP contribution in [0, 0.1) is 11.8 Å². The predicted octanol–water partition coefficient (Wildman–Crippen LogP) is 0.639. The lowest BCUT2D eigenvalue weighted by Crippen LogP contribution is -2.40. The summed E-state index contributed by atoms with van der Waals surface area (Å²) in [5.41, 5.74) is -5.66. The Hall–Kier alpha value is -1.68. The summed E-state index contributed by atoms with van der Waals surface area (Å²) in [7, 11) is -6.06. The molecule has 2 amide bonds. The summed E-state index contributed by atoms with van der Waals surface area (Å²) >= 11 is 0. The van der Waals surface area contributed by atoms with Crippen molar-refractivity contribution in [1.29, 1.82) is 0 Å². The van der Waals surface area contributed by atoms with Crippen LogP contribution in [0.2, 0.25) is 0 Å². The molecule has 0 N–H and O–H groups in total. The maximum atomic E-state index is 12.2. The number of imide groups is 1. The van der Waals surface area contributed by atoms with E-state index in [0.717, 1.165) is 0 Å². The van der Waals surface area contributed by atoms with Crippen LogP contribution >= 0.6 is 0 Å². The molecule has 20 heavy (non-hydrogen) atoms. The van der Waals surface area contributed by atoms with Gasteiger partial charge in [-0.1, -0.05) is 12.2 Å². The highest BCUT2D eigenvalue weighted by atomic mass is 32.2. The van der Waals surface area contributed by atoms with E-state index in [2.05, 4.69) is 4.28 Å². The normalized spacial score (nSPS) is 28.9. The van der Waals surface area contributed by atoms with Gasteiger partial charge in [0, 0.05) is 23.0 Å². The summed E-state index contributed by atoms with van der Waals surface area (Å²) in [4.78, 5) is 23.7. The van der Waals surface area contributed by atoms with Gasteiger partial charge in [-0.15, -0.1) is 9.35 Å². The molecule has 1 aliphatic heterocycles. The van der Waals surface area contributed by atoms with Crippen molar-refractivity contribution >= 4 is 21.9 Å². The van der Waals surface area contributed by atoms with Gasteiger partial charge in [0.25, 0.3) is 11.8 Å². The van der Waals surface area contributed by atoms with E-state index in [-0.39, 0.29) is 28.0 Å². The van der Waals surface area contributed by atoms with Gasteiger partial charge < -0.3 is 0 Å². The molecule has 2 bridgehead atoms. The molecule has 0 saturated carbocycles. The number of nitrogens with zero attached hydrogens (tertiary/aromatic N) is 1. The molecular formula is C10H6F3NO5S. The summed E-state index contributed by atoms with van der Waals surface area (Å²) in [5, 5.41) is -0.320. The summed E-state index contributed by atoms with van der Waals surface area (Å²) in [6.45, 7) is 0. The lowest BCUT2D eigenvalue weighted by molar-refractivity contribution is -0.166. The van der Waals surface area contributed by atoms with Crippen molar-refractivity contribution < 1.29 is 35.5 Å². The number of hydroxylamine groups is 2. The van der Waals surface area contributed by atoms with Crippen LogP contribution in [0.15, 0.2) is 23.3 Å². The Balaban J connectivity index is 1.90. The number of allylic oxidation sites excluding steroid dienone is 2. The van der Waals surface area contributed by atoms with Crippen LogP contribution < -0.4 is 0 Å². The Morgan fingerprint density at radius 3 is 1.95 bits per heavy atom. The molecule has 0 radical (unpaired) electrons. The molecule has 2 atom stereocenters. The van der Waals surface area contributed by atoms with Crippen LogP contribution in [0.1, 0.15) is 6.42 Å². The zero-order valence-corrected chi connectivity index (χ0v) is 10.4. The van der Waals surface area contributed by atoms with Crippen LogP contribution in [0.5, 0.6) is 0 Å². The topological polar surface area (TPSA) is 80.8 Å². The van der Waals surface area contributed by atoms with Gasteiger partial charge in [-0.05, 0) is 6.42 Å². The van der Waals surface area contributed by atoms with E-state index < -0.39 is 27.4 Å². The lowest BCUT2D eigenvalue weighted by atomic mass is 9.99. The van der Waals surface area contributed by atoms with E-state index in [9.17, 15) is 31.2 Å². The number of hydrogen-bond acceptors (Lipinski definition) is 5. The maximum absolute atomic E-state index is 12.2. The molecule has 0 aromatic carbocycles. The third-order valence-corrected chi connectivity index (χ3v) is 4.31. The number of carbonyl (C=O) groups is 2. The van der Waals surface area contributed by atoms with Gasteiger partial charge in [-0.3, -0.25) is 9.59 Å². The highest BCUT2D eigenvalue weighted by molar-refractivity contribution is 7.87. The Bertz CT molecular complexity index is 656. The number of alkyl halides is 3. The maximum Gasteiger partial charge on any atom is 0.525 e. The minimum absolute atomic E-state index is 0.0277. The average molecular weight is 309 g/mol. The Morgan fingerprint density at radius 1 is 1.10 bits per heavy atom. The average Bonchev–Trinajstić information content (AvgIpc) is 2.97. The van der Waals surface area contributed by atoms with E-state index in [1.54, 1.807) is 12.2 Å². The quantitative estimate of drug-likeness (QED) is 0.425. The van der Waals surface area contributed by atoms with Gasteiger partial charge in [0.15, 0.2) is 0 Å². The SMILES string of the molecule is O=C1C2=C(C(=O)N1OS(=O)(=O)C(F)(F)F)C1C=CC2C1. The molecule has 3 rings (SSSR count). The van der Waals surface area contributed by atoms with E-state index in [4.69, 9.17) is 0 Å². The third kappa shape index (κ3) is 1.57. The number of hydrogen-bond donors (Lipinski definition) is 0. The molecule has 2 unspecified atom stereocenters. The molecule has 0 fully saturated rings. The molecule has 1 heterocycles. The van der Waals surface area contributed by atoms with E-state index in [1.165, 1.54) is 0 Å². The summed E-state index contributed by atoms with van der Waals surface area (Å²) < 4.78 is 62.0. The molecule has 6 nitrogen and oxygen atoms in total. The van der Waals surface area contributed by atoms with Crippen molar-refractivity contribution in [2.45, 2.75) is 11.9 Å². The van der Waals surface area contributed by atoms with Gasteiger partial charge in [0.1, 0.15) is 0 Å². The van der Waals surface area contributed by atoms with Crippen LogP contribution in [0.3, 0.4) is 0 Å². The molecule has 2 aliphatic carbocycles. The van der Waals surface area contributed by atoms with Gasteiger partial charge in [0.2, 0.25) is 0 Å². The fourth-order valence-electron chi connectivity index (χ4n) is 2.59. The standard InChI is InChI=1S/C10H6F3NO5S/c11-10(12,13)20(17,18)19-14-8(15)6-4-1-2-5(3-4)7(6)9(14)16/h1-2,4-5H,3H2. The van der Waals surface area contributed by atoms with Gasteiger partial charge in [-0.25, -0.2) is 0 Å². The van der Waals surface area contributed by atoms with Crippen LogP contribution in [-0.4, -0.2) is 30.8 Å². The van der Waals surface area contributed by atoms with Gasteiger partial charge >= 0.3 is 15.6 Å². The smallest absolute Gasteiger partial charge is 0.267 e. The first kappa shape index (κ1) is 13.3. The zero-order valence-electron chi connectivity index (χ0n) is 9.55. The first-order valence-electron chi connectivity index (χ1n) is 5.45. The molecule has 0 spiro atoms. The van der Waals surface area contributed by atoms with E-state index in [0.29, 0.717) is 6.42 Å². The molecule has 0 saturated heterocycles. The van der Waals surface area contributed by atoms with Crippen molar-refractivity contribution in [3.05, 3.63) is 23.3 Å². The molecule has 3 aliphatic rings. The molecule has 108 valence electrons. The second-order valence-corrected chi connectivity index (χ2v) is 6.06. The highest BCUT2D eigenvalue weighted by Gasteiger charge is 2.56. The Labute approximate surface area is 110 Å². The van der Waals surface area contributed by atoms with Crippen molar-refractivity contribution in [2.24, 2.45) is 11.8 Å². The Morgan fingerprint density at radius 2 is 1.55 bits per heavy atom. The first-order chi connectivity index (χ1) is 9.13. The summed E-state index contributed by atoms with van der Waals surface area (Å²) in [6.07, 6.45) is 3.83. The molecule has 10 heteroatoms. The number of rotatable bonds is 2. The lowest BCUT2D eigenvalue weighted by Gasteiger charge is -2.17. The Kier molecular flexibility index (Phi) is 2.46. The summed E-state index contributed by atoms with van der Waals surface area (Å²) in [5.74, 6) is -3.02. The molecular weight excluding hydrogens is 303 g/mol. The monoisotopic (exact) mass is 309 g/mol. The number of carbonyl (C=O) groups excluding carboxylic acids is 2. The van der Waals surface area contributed by atoms with E-state index >= 15 is 0 Å². The number of amides is 2. The van der Waals surface area contributed by atoms with Crippen molar-refractivity contribution in [2.75, 3.05) is 0 Å².